The van der Waals surface area contributed by atoms with Crippen molar-refractivity contribution in [1.29, 1.82) is 0 Å². The topological polar surface area (TPSA) is 89.1 Å². The fraction of sp³-hybridized carbons (Fsp3) is 0.714. The zero-order chi connectivity index (χ0) is 20.1. The largest absolute Gasteiger partial charge is 0.338 e. The Morgan fingerprint density at radius 3 is 2.76 bits per heavy atom. The summed E-state index contributed by atoms with van der Waals surface area (Å²) in [5, 5.41) is 11.5. The first-order valence-corrected chi connectivity index (χ1v) is 11.1. The van der Waals surface area contributed by atoms with Crippen molar-refractivity contribution in [1.82, 2.24) is 24.8 Å². The molecule has 0 spiro atoms. The van der Waals surface area contributed by atoms with Gasteiger partial charge in [-0.3, -0.25) is 9.69 Å². The third kappa shape index (κ3) is 5.44. The number of aromatic nitrogens is 4. The van der Waals surface area contributed by atoms with E-state index in [0.717, 1.165) is 50.3 Å². The predicted octanol–water partition coefficient (Wildman–Crippen LogP) is 3.72. The van der Waals surface area contributed by atoms with E-state index in [0.29, 0.717) is 30.9 Å². The molecule has 2 heterocycles. The molecule has 0 saturated heterocycles. The van der Waals surface area contributed by atoms with Crippen LogP contribution in [-0.4, -0.2) is 43.3 Å². The molecule has 1 N–H and O–H groups in total. The number of nitrogens with one attached hydrogen (secondary N) is 1. The van der Waals surface area contributed by atoms with Crippen LogP contribution in [0.15, 0.2) is 16.8 Å². The van der Waals surface area contributed by atoms with E-state index in [2.05, 4.69) is 32.4 Å². The van der Waals surface area contributed by atoms with Crippen molar-refractivity contribution in [2.24, 2.45) is 0 Å². The van der Waals surface area contributed by atoms with Gasteiger partial charge in [0.2, 0.25) is 11.8 Å². The van der Waals surface area contributed by atoms with Gasteiger partial charge in [0, 0.05) is 24.6 Å². The average molecular weight is 401 g/mol. The molecule has 1 amide bonds. The summed E-state index contributed by atoms with van der Waals surface area (Å²) in [6.07, 6.45) is 12.3. The highest BCUT2D eigenvalue weighted by atomic mass is 16.5. The molecule has 0 radical (unpaired) electrons. The van der Waals surface area contributed by atoms with Crippen LogP contribution in [0.5, 0.6) is 0 Å². The zero-order valence-corrected chi connectivity index (χ0v) is 17.3. The summed E-state index contributed by atoms with van der Waals surface area (Å²) in [6, 6.07) is 2.26. The van der Waals surface area contributed by atoms with E-state index in [1.165, 1.54) is 25.7 Å². The number of anilines is 1. The second-order valence-electron chi connectivity index (χ2n) is 8.36. The third-order valence-electron chi connectivity index (χ3n) is 5.87. The fourth-order valence-electron chi connectivity index (χ4n) is 4.16. The van der Waals surface area contributed by atoms with Crippen molar-refractivity contribution in [3.63, 3.8) is 0 Å². The summed E-state index contributed by atoms with van der Waals surface area (Å²) in [7, 11) is 0. The highest BCUT2D eigenvalue weighted by Gasteiger charge is 2.32. The highest BCUT2D eigenvalue weighted by molar-refractivity contribution is 5.91. The Morgan fingerprint density at radius 2 is 2.03 bits per heavy atom. The second kappa shape index (κ2) is 9.52. The van der Waals surface area contributed by atoms with E-state index in [1.807, 2.05) is 10.7 Å². The zero-order valence-electron chi connectivity index (χ0n) is 17.3. The number of aryl methyl sites for hydroxylation is 1. The summed E-state index contributed by atoms with van der Waals surface area (Å²) in [6.45, 7) is 3.74. The molecule has 2 aliphatic carbocycles. The van der Waals surface area contributed by atoms with Crippen LogP contribution >= 0.6 is 0 Å². The Labute approximate surface area is 172 Å². The average Bonchev–Trinajstić information content (AvgIpc) is 3.41. The standard InChI is InChI=1S/C21H32N6O2/c1-2-13-27-18(11-12-22-27)23-19(28)14-26(17-9-10-17)15-20-24-21(25-29-20)16-7-5-3-4-6-8-16/h11-12,16-17H,2-10,13-15H2,1H3,(H,23,28). The summed E-state index contributed by atoms with van der Waals surface area (Å²) < 4.78 is 7.39. The molecule has 29 heavy (non-hydrogen) atoms. The van der Waals surface area contributed by atoms with Crippen LogP contribution in [-0.2, 0) is 17.9 Å². The van der Waals surface area contributed by atoms with Crippen molar-refractivity contribution in [2.75, 3.05) is 11.9 Å². The summed E-state index contributed by atoms with van der Waals surface area (Å²) in [5.41, 5.74) is 0. The van der Waals surface area contributed by atoms with Crippen molar-refractivity contribution in [3.05, 3.63) is 24.0 Å². The smallest absolute Gasteiger partial charge is 0.240 e. The molecule has 0 atom stereocenters. The lowest BCUT2D eigenvalue weighted by Gasteiger charge is -2.19. The van der Waals surface area contributed by atoms with E-state index in [9.17, 15) is 4.79 Å². The van der Waals surface area contributed by atoms with Crippen LogP contribution in [0.3, 0.4) is 0 Å². The maximum absolute atomic E-state index is 12.6. The normalized spacial score (nSPS) is 18.1. The lowest BCUT2D eigenvalue weighted by atomic mass is 10.00. The number of carbonyl (C=O) groups excluding carboxylic acids is 1. The Morgan fingerprint density at radius 1 is 1.24 bits per heavy atom. The van der Waals surface area contributed by atoms with E-state index >= 15 is 0 Å². The van der Waals surface area contributed by atoms with Gasteiger partial charge < -0.3 is 9.84 Å². The maximum atomic E-state index is 12.6. The van der Waals surface area contributed by atoms with Crippen LogP contribution < -0.4 is 5.32 Å². The maximum Gasteiger partial charge on any atom is 0.240 e. The molecule has 2 aliphatic rings. The molecular formula is C21H32N6O2. The quantitative estimate of drug-likeness (QED) is 0.645. The van der Waals surface area contributed by atoms with Gasteiger partial charge in [0.15, 0.2) is 5.82 Å². The van der Waals surface area contributed by atoms with E-state index in [-0.39, 0.29) is 5.91 Å². The van der Waals surface area contributed by atoms with Crippen molar-refractivity contribution >= 4 is 11.7 Å². The summed E-state index contributed by atoms with van der Waals surface area (Å²) in [5.74, 6) is 2.62. The first-order chi connectivity index (χ1) is 14.2. The first-order valence-electron chi connectivity index (χ1n) is 11.1. The van der Waals surface area contributed by atoms with Crippen molar-refractivity contribution < 1.29 is 9.32 Å². The number of rotatable bonds is 9. The predicted molar refractivity (Wildman–Crippen MR) is 109 cm³/mol. The molecule has 8 nitrogen and oxygen atoms in total. The highest BCUT2D eigenvalue weighted by Crippen LogP contribution is 2.31. The second-order valence-corrected chi connectivity index (χ2v) is 8.36. The minimum Gasteiger partial charge on any atom is -0.338 e. The monoisotopic (exact) mass is 400 g/mol. The van der Waals surface area contributed by atoms with Crippen molar-refractivity contribution in [2.45, 2.75) is 89.8 Å². The van der Waals surface area contributed by atoms with Crippen LogP contribution in [0.2, 0.25) is 0 Å². The minimum atomic E-state index is -0.0294. The molecule has 2 fully saturated rings. The molecule has 0 aromatic carbocycles. The molecule has 0 unspecified atom stereocenters. The molecule has 4 rings (SSSR count). The Hall–Kier alpha value is -2.22. The molecule has 0 bridgehead atoms. The van der Waals surface area contributed by atoms with Crippen LogP contribution in [0.25, 0.3) is 0 Å². The van der Waals surface area contributed by atoms with E-state index in [4.69, 9.17) is 4.52 Å². The number of carbonyl (C=O) groups is 1. The van der Waals surface area contributed by atoms with Crippen LogP contribution in [0.1, 0.15) is 82.3 Å². The fourth-order valence-corrected chi connectivity index (χ4v) is 4.16. The number of amides is 1. The SMILES string of the molecule is CCCn1nccc1NC(=O)CN(Cc1nc(C2CCCCCC2)no1)C1CC1. The molecule has 8 heteroatoms. The van der Waals surface area contributed by atoms with Crippen LogP contribution in [0.4, 0.5) is 5.82 Å². The molecule has 2 aromatic rings. The number of hydrogen-bond acceptors (Lipinski definition) is 6. The van der Waals surface area contributed by atoms with Gasteiger partial charge in [-0.2, -0.15) is 10.1 Å². The molecule has 2 saturated carbocycles. The summed E-state index contributed by atoms with van der Waals surface area (Å²) in [4.78, 5) is 19.5. The third-order valence-corrected chi connectivity index (χ3v) is 5.87. The van der Waals surface area contributed by atoms with E-state index < -0.39 is 0 Å². The van der Waals surface area contributed by atoms with Gasteiger partial charge in [-0.1, -0.05) is 37.8 Å². The van der Waals surface area contributed by atoms with Gasteiger partial charge in [-0.05, 0) is 32.1 Å². The minimum absolute atomic E-state index is 0.0294. The lowest BCUT2D eigenvalue weighted by molar-refractivity contribution is -0.117. The Kier molecular flexibility index (Phi) is 6.59. The van der Waals surface area contributed by atoms with Crippen LogP contribution in [0, 0.1) is 0 Å². The molecule has 158 valence electrons. The Balaban J connectivity index is 1.35. The molecule has 2 aromatic heterocycles. The van der Waals surface area contributed by atoms with E-state index in [1.54, 1.807) is 6.20 Å². The van der Waals surface area contributed by atoms with Gasteiger partial charge in [-0.25, -0.2) is 4.68 Å². The first kappa shape index (κ1) is 20.1. The number of nitrogens with zero attached hydrogens (tertiary/aromatic N) is 5. The van der Waals surface area contributed by atoms with Gasteiger partial charge in [0.25, 0.3) is 0 Å². The summed E-state index contributed by atoms with van der Waals surface area (Å²) >= 11 is 0. The van der Waals surface area contributed by atoms with Gasteiger partial charge in [0.1, 0.15) is 5.82 Å². The van der Waals surface area contributed by atoms with Gasteiger partial charge >= 0.3 is 0 Å². The lowest BCUT2D eigenvalue weighted by Crippen LogP contribution is -2.35. The van der Waals surface area contributed by atoms with Crippen molar-refractivity contribution in [3.8, 4) is 0 Å². The Bertz CT molecular complexity index is 789. The van der Waals surface area contributed by atoms with Gasteiger partial charge in [-0.15, -0.1) is 0 Å². The number of hydrogen-bond donors (Lipinski definition) is 1. The molecule has 0 aliphatic heterocycles. The molecular weight excluding hydrogens is 368 g/mol. The van der Waals surface area contributed by atoms with Gasteiger partial charge in [0.05, 0.1) is 19.3 Å².